The first-order valence-corrected chi connectivity index (χ1v) is 8.59. The van der Waals surface area contributed by atoms with Gasteiger partial charge in [-0.25, -0.2) is 4.98 Å². The van der Waals surface area contributed by atoms with Crippen molar-refractivity contribution in [2.75, 3.05) is 26.2 Å². The van der Waals surface area contributed by atoms with Gasteiger partial charge in [-0.2, -0.15) is 5.10 Å². The molecule has 130 valence electrons. The molecule has 1 aliphatic heterocycles. The number of hydrogen-bond donors (Lipinski definition) is 2. The number of aliphatic hydroxyl groups is 1. The lowest BCUT2D eigenvalue weighted by molar-refractivity contribution is 0.0591. The molecule has 1 atom stereocenters. The van der Waals surface area contributed by atoms with Gasteiger partial charge in [-0.15, -0.1) is 0 Å². The van der Waals surface area contributed by atoms with Crippen LogP contribution < -0.4 is 4.74 Å². The third kappa shape index (κ3) is 4.55. The summed E-state index contributed by atoms with van der Waals surface area (Å²) in [5.41, 5.74) is 1.16. The minimum absolute atomic E-state index is 0.323. The van der Waals surface area contributed by atoms with Crippen LogP contribution in [-0.4, -0.2) is 57.5 Å². The number of aliphatic hydroxyl groups excluding tert-OH is 1. The summed E-state index contributed by atoms with van der Waals surface area (Å²) in [5, 5.41) is 17.4. The van der Waals surface area contributed by atoms with Crippen molar-refractivity contribution in [3.63, 3.8) is 0 Å². The Morgan fingerprint density at radius 2 is 2.12 bits per heavy atom. The zero-order chi connectivity index (χ0) is 16.9. The minimum Gasteiger partial charge on any atom is -0.491 e. The second-order valence-corrected chi connectivity index (χ2v) is 6.64. The van der Waals surface area contributed by atoms with Crippen molar-refractivity contribution in [1.29, 1.82) is 0 Å². The van der Waals surface area contributed by atoms with E-state index in [-0.39, 0.29) is 0 Å². The first kappa shape index (κ1) is 16.9. The van der Waals surface area contributed by atoms with E-state index in [1.807, 2.05) is 38.1 Å². The number of H-pyrrole nitrogens is 1. The number of aromatic amines is 1. The van der Waals surface area contributed by atoms with Crippen molar-refractivity contribution in [1.82, 2.24) is 20.1 Å². The number of piperidine rings is 1. The monoisotopic (exact) mass is 330 g/mol. The molecule has 0 saturated carbocycles. The third-order valence-electron chi connectivity index (χ3n) is 4.47. The molecule has 2 heterocycles. The first-order valence-electron chi connectivity index (χ1n) is 8.59. The van der Waals surface area contributed by atoms with Gasteiger partial charge in [-0.1, -0.05) is 12.1 Å². The summed E-state index contributed by atoms with van der Waals surface area (Å²) in [6, 6.07) is 7.90. The van der Waals surface area contributed by atoms with Gasteiger partial charge < -0.3 is 14.7 Å². The number of β-amino-alcohol motifs (C(OH)–C–C–N with tert-alkyl or cyclic N) is 1. The molecular weight excluding hydrogens is 304 g/mol. The van der Waals surface area contributed by atoms with E-state index in [0.29, 0.717) is 19.1 Å². The van der Waals surface area contributed by atoms with Crippen molar-refractivity contribution in [3.8, 4) is 5.75 Å². The SMILES string of the molecule is Cc1cccc(OCC(O)CN2CCC(c3n[nH]c(C)n3)CC2)c1. The van der Waals surface area contributed by atoms with E-state index in [1.165, 1.54) is 0 Å². The fraction of sp³-hybridized carbons (Fsp3) is 0.556. The lowest BCUT2D eigenvalue weighted by Crippen LogP contribution is -2.40. The van der Waals surface area contributed by atoms with Crippen LogP contribution >= 0.6 is 0 Å². The molecule has 1 unspecified atom stereocenters. The second kappa shape index (κ2) is 7.77. The molecule has 1 fully saturated rings. The van der Waals surface area contributed by atoms with Gasteiger partial charge >= 0.3 is 0 Å². The van der Waals surface area contributed by atoms with Gasteiger partial charge in [0.15, 0.2) is 5.82 Å². The average Bonchev–Trinajstić information content (AvgIpc) is 3.00. The minimum atomic E-state index is -0.479. The number of rotatable bonds is 6. The van der Waals surface area contributed by atoms with Gasteiger partial charge in [0.2, 0.25) is 0 Å². The van der Waals surface area contributed by atoms with Crippen molar-refractivity contribution < 1.29 is 9.84 Å². The molecule has 0 radical (unpaired) electrons. The number of aryl methyl sites for hydroxylation is 2. The highest BCUT2D eigenvalue weighted by Gasteiger charge is 2.24. The largest absolute Gasteiger partial charge is 0.491 e. The number of benzene rings is 1. The highest BCUT2D eigenvalue weighted by molar-refractivity contribution is 5.27. The Kier molecular flexibility index (Phi) is 5.48. The molecule has 0 amide bonds. The van der Waals surface area contributed by atoms with E-state index in [2.05, 4.69) is 20.1 Å². The Labute approximate surface area is 142 Å². The van der Waals surface area contributed by atoms with Crippen LogP contribution in [0.25, 0.3) is 0 Å². The summed E-state index contributed by atoms with van der Waals surface area (Å²) in [6.07, 6.45) is 1.58. The molecule has 3 rings (SSSR count). The van der Waals surface area contributed by atoms with Crippen LogP contribution in [0.5, 0.6) is 5.75 Å². The first-order chi connectivity index (χ1) is 11.6. The molecule has 6 nitrogen and oxygen atoms in total. The Morgan fingerprint density at radius 1 is 1.33 bits per heavy atom. The Balaban J connectivity index is 1.40. The third-order valence-corrected chi connectivity index (χ3v) is 4.47. The fourth-order valence-corrected chi connectivity index (χ4v) is 3.16. The zero-order valence-electron chi connectivity index (χ0n) is 14.4. The molecular formula is C18H26N4O2. The van der Waals surface area contributed by atoms with Crippen LogP contribution in [0.15, 0.2) is 24.3 Å². The highest BCUT2D eigenvalue weighted by Crippen LogP contribution is 2.25. The summed E-state index contributed by atoms with van der Waals surface area (Å²) in [7, 11) is 0. The van der Waals surface area contributed by atoms with E-state index >= 15 is 0 Å². The van der Waals surface area contributed by atoms with Crippen LogP contribution in [-0.2, 0) is 0 Å². The highest BCUT2D eigenvalue weighted by atomic mass is 16.5. The van der Waals surface area contributed by atoms with Gasteiger partial charge in [-0.3, -0.25) is 5.10 Å². The smallest absolute Gasteiger partial charge is 0.153 e. The molecule has 2 N–H and O–H groups in total. The van der Waals surface area contributed by atoms with Crippen LogP contribution in [0.2, 0.25) is 0 Å². The van der Waals surface area contributed by atoms with E-state index in [1.54, 1.807) is 0 Å². The summed E-state index contributed by atoms with van der Waals surface area (Å²) in [6.45, 7) is 6.84. The molecule has 1 aromatic carbocycles. The molecule has 2 aromatic rings. The van der Waals surface area contributed by atoms with Gasteiger partial charge in [-0.05, 0) is 57.5 Å². The maximum Gasteiger partial charge on any atom is 0.153 e. The fourth-order valence-electron chi connectivity index (χ4n) is 3.16. The maximum absolute atomic E-state index is 10.2. The van der Waals surface area contributed by atoms with E-state index in [4.69, 9.17) is 4.74 Å². The van der Waals surface area contributed by atoms with Crippen LogP contribution in [0.1, 0.15) is 36.0 Å². The molecule has 1 aromatic heterocycles. The topological polar surface area (TPSA) is 74.3 Å². The maximum atomic E-state index is 10.2. The van der Waals surface area contributed by atoms with E-state index in [0.717, 1.165) is 48.9 Å². The lowest BCUT2D eigenvalue weighted by Gasteiger charge is -2.32. The van der Waals surface area contributed by atoms with E-state index in [9.17, 15) is 5.11 Å². The second-order valence-electron chi connectivity index (χ2n) is 6.64. The predicted octanol–water partition coefficient (Wildman–Crippen LogP) is 2.04. The number of nitrogens with zero attached hydrogens (tertiary/aromatic N) is 3. The summed E-state index contributed by atoms with van der Waals surface area (Å²) >= 11 is 0. The van der Waals surface area contributed by atoms with Gasteiger partial charge in [0.25, 0.3) is 0 Å². The number of hydrogen-bond acceptors (Lipinski definition) is 5. The Morgan fingerprint density at radius 3 is 2.79 bits per heavy atom. The predicted molar refractivity (Wildman–Crippen MR) is 92.2 cm³/mol. The summed E-state index contributed by atoms with van der Waals surface area (Å²) < 4.78 is 5.68. The van der Waals surface area contributed by atoms with Crippen LogP contribution in [0, 0.1) is 13.8 Å². The van der Waals surface area contributed by atoms with Crippen molar-refractivity contribution >= 4 is 0 Å². The van der Waals surface area contributed by atoms with Crippen LogP contribution in [0.4, 0.5) is 0 Å². The quantitative estimate of drug-likeness (QED) is 0.848. The van der Waals surface area contributed by atoms with Gasteiger partial charge in [0.1, 0.15) is 24.3 Å². The zero-order valence-corrected chi connectivity index (χ0v) is 14.4. The molecule has 1 aliphatic rings. The standard InChI is InChI=1S/C18H26N4O2/c1-13-4-3-5-17(10-13)24-12-16(23)11-22-8-6-15(7-9-22)18-19-14(2)20-21-18/h3-5,10,15-16,23H,6-9,11-12H2,1-2H3,(H,19,20,21). The number of ether oxygens (including phenoxy) is 1. The van der Waals surface area contributed by atoms with E-state index < -0.39 is 6.10 Å². The molecule has 0 aliphatic carbocycles. The average molecular weight is 330 g/mol. The van der Waals surface area contributed by atoms with Crippen molar-refractivity contribution in [2.45, 2.75) is 38.7 Å². The Bertz CT molecular complexity index is 650. The summed E-state index contributed by atoms with van der Waals surface area (Å²) in [5.74, 6) is 3.03. The van der Waals surface area contributed by atoms with Gasteiger partial charge in [0.05, 0.1) is 0 Å². The summed E-state index contributed by atoms with van der Waals surface area (Å²) in [4.78, 5) is 6.73. The normalized spacial score (nSPS) is 17.8. The number of aromatic nitrogens is 3. The van der Waals surface area contributed by atoms with Crippen molar-refractivity contribution in [3.05, 3.63) is 41.5 Å². The number of likely N-dealkylation sites (tertiary alicyclic amines) is 1. The number of nitrogens with one attached hydrogen (secondary N) is 1. The molecule has 1 saturated heterocycles. The van der Waals surface area contributed by atoms with Crippen molar-refractivity contribution in [2.24, 2.45) is 0 Å². The molecule has 0 spiro atoms. The van der Waals surface area contributed by atoms with Crippen LogP contribution in [0.3, 0.4) is 0 Å². The molecule has 24 heavy (non-hydrogen) atoms. The van der Waals surface area contributed by atoms with Gasteiger partial charge in [0, 0.05) is 12.5 Å². The lowest BCUT2D eigenvalue weighted by atomic mass is 9.96. The molecule has 0 bridgehead atoms. The molecule has 6 heteroatoms. The Hall–Kier alpha value is -1.92.